The molecule has 1 fully saturated rings. The highest BCUT2D eigenvalue weighted by atomic mass is 19.1. The summed E-state index contributed by atoms with van der Waals surface area (Å²) in [6.45, 7) is 1.80. The van der Waals surface area contributed by atoms with E-state index in [-0.39, 0.29) is 30.6 Å². The van der Waals surface area contributed by atoms with Crippen molar-refractivity contribution in [3.8, 4) is 0 Å². The summed E-state index contributed by atoms with van der Waals surface area (Å²) in [6.07, 6.45) is 0.836. The van der Waals surface area contributed by atoms with Crippen molar-refractivity contribution in [3.05, 3.63) is 35.6 Å². The maximum atomic E-state index is 12.7. The molecule has 5 heteroatoms. The molecule has 0 atom stereocenters. The second kappa shape index (κ2) is 5.73. The first kappa shape index (κ1) is 12.7. The Labute approximate surface area is 105 Å². The van der Waals surface area contributed by atoms with Crippen molar-refractivity contribution in [1.29, 1.82) is 0 Å². The summed E-state index contributed by atoms with van der Waals surface area (Å²) in [7, 11) is 0. The van der Waals surface area contributed by atoms with E-state index in [1.165, 1.54) is 24.3 Å². The number of nitrogens with zero attached hydrogens (tertiary/aromatic N) is 1. The van der Waals surface area contributed by atoms with E-state index in [0.29, 0.717) is 18.7 Å². The molecule has 0 radical (unpaired) electrons. The van der Waals surface area contributed by atoms with Crippen LogP contribution in [-0.2, 0) is 4.79 Å². The average molecular weight is 250 g/mol. The number of ketones is 1. The van der Waals surface area contributed by atoms with Crippen LogP contribution in [-0.4, -0.2) is 42.8 Å². The number of hydrogen-bond donors (Lipinski definition) is 1. The summed E-state index contributed by atoms with van der Waals surface area (Å²) in [5.74, 6) is -0.509. The van der Waals surface area contributed by atoms with Crippen LogP contribution in [0.4, 0.5) is 4.39 Å². The standard InChI is InChI=1S/C13H15FN2O2/c14-11-4-2-10(3-5-11)12(17)8-16-7-1-6-15-13(18)9-16/h2-5H,1,6-9H2,(H,15,18). The highest BCUT2D eigenvalue weighted by Gasteiger charge is 2.17. The molecule has 1 heterocycles. The Hall–Kier alpha value is -1.75. The van der Waals surface area contributed by atoms with Gasteiger partial charge in [0.25, 0.3) is 0 Å². The summed E-state index contributed by atoms with van der Waals surface area (Å²) < 4.78 is 12.7. The van der Waals surface area contributed by atoms with Crippen molar-refractivity contribution >= 4 is 11.7 Å². The minimum atomic E-state index is -0.360. The predicted molar refractivity (Wildman–Crippen MR) is 64.8 cm³/mol. The highest BCUT2D eigenvalue weighted by Crippen LogP contribution is 2.06. The first-order chi connectivity index (χ1) is 8.65. The lowest BCUT2D eigenvalue weighted by atomic mass is 10.1. The first-order valence-electron chi connectivity index (χ1n) is 5.93. The van der Waals surface area contributed by atoms with Gasteiger partial charge in [0.05, 0.1) is 13.1 Å². The maximum Gasteiger partial charge on any atom is 0.234 e. The van der Waals surface area contributed by atoms with E-state index >= 15 is 0 Å². The lowest BCUT2D eigenvalue weighted by molar-refractivity contribution is -0.121. The molecule has 18 heavy (non-hydrogen) atoms. The van der Waals surface area contributed by atoms with Crippen LogP contribution in [0.5, 0.6) is 0 Å². The van der Waals surface area contributed by atoms with Gasteiger partial charge in [0.2, 0.25) is 5.91 Å². The Kier molecular flexibility index (Phi) is 4.04. The normalized spacial score (nSPS) is 17.1. The third-order valence-electron chi connectivity index (χ3n) is 2.87. The Bertz CT molecular complexity index is 445. The number of carbonyl (C=O) groups is 2. The van der Waals surface area contributed by atoms with E-state index in [9.17, 15) is 14.0 Å². The number of rotatable bonds is 3. The van der Waals surface area contributed by atoms with Crippen molar-refractivity contribution in [2.75, 3.05) is 26.2 Å². The summed E-state index contributed by atoms with van der Waals surface area (Å²) in [5, 5.41) is 2.75. The second-order valence-corrected chi connectivity index (χ2v) is 4.34. The Balaban J connectivity index is 1.97. The third-order valence-corrected chi connectivity index (χ3v) is 2.87. The van der Waals surface area contributed by atoms with Gasteiger partial charge in [0.1, 0.15) is 5.82 Å². The van der Waals surface area contributed by atoms with E-state index < -0.39 is 0 Å². The van der Waals surface area contributed by atoms with Crippen LogP contribution >= 0.6 is 0 Å². The molecule has 1 N–H and O–H groups in total. The van der Waals surface area contributed by atoms with Gasteiger partial charge in [-0.2, -0.15) is 0 Å². The van der Waals surface area contributed by atoms with E-state index in [0.717, 1.165) is 6.42 Å². The van der Waals surface area contributed by atoms with Crippen LogP contribution in [0.3, 0.4) is 0 Å². The maximum absolute atomic E-state index is 12.7. The number of halogens is 1. The van der Waals surface area contributed by atoms with Crippen LogP contribution in [0, 0.1) is 5.82 Å². The quantitative estimate of drug-likeness (QED) is 0.808. The van der Waals surface area contributed by atoms with Crippen molar-refractivity contribution in [2.45, 2.75) is 6.42 Å². The average Bonchev–Trinajstić information content (AvgIpc) is 2.54. The zero-order valence-corrected chi connectivity index (χ0v) is 9.99. The molecule has 0 aromatic heterocycles. The molecule has 1 saturated heterocycles. The van der Waals surface area contributed by atoms with Gasteiger partial charge < -0.3 is 5.32 Å². The van der Waals surface area contributed by atoms with Crippen LogP contribution in [0.1, 0.15) is 16.8 Å². The molecular weight excluding hydrogens is 235 g/mol. The van der Waals surface area contributed by atoms with Gasteiger partial charge in [-0.3, -0.25) is 14.5 Å². The molecule has 1 aromatic carbocycles. The predicted octanol–water partition coefficient (Wildman–Crippen LogP) is 0.830. The lowest BCUT2D eigenvalue weighted by Crippen LogP contribution is -2.36. The van der Waals surface area contributed by atoms with Crippen molar-refractivity contribution in [3.63, 3.8) is 0 Å². The first-order valence-corrected chi connectivity index (χ1v) is 5.93. The van der Waals surface area contributed by atoms with Gasteiger partial charge in [-0.15, -0.1) is 0 Å². The molecule has 96 valence electrons. The molecule has 0 saturated carbocycles. The lowest BCUT2D eigenvalue weighted by Gasteiger charge is -2.17. The van der Waals surface area contributed by atoms with Crippen LogP contribution in [0.2, 0.25) is 0 Å². The molecule has 4 nitrogen and oxygen atoms in total. The molecule has 0 spiro atoms. The van der Waals surface area contributed by atoms with E-state index in [1.807, 2.05) is 4.90 Å². The Morgan fingerprint density at radius 1 is 1.33 bits per heavy atom. The molecule has 1 aliphatic heterocycles. The smallest absolute Gasteiger partial charge is 0.234 e. The van der Waals surface area contributed by atoms with Gasteiger partial charge >= 0.3 is 0 Å². The van der Waals surface area contributed by atoms with Gasteiger partial charge in [-0.05, 0) is 30.7 Å². The molecule has 0 bridgehead atoms. The van der Waals surface area contributed by atoms with Crippen molar-refractivity contribution in [2.24, 2.45) is 0 Å². The molecule has 0 unspecified atom stereocenters. The summed E-state index contributed by atoms with van der Waals surface area (Å²) in [6, 6.07) is 5.47. The number of amides is 1. The number of nitrogens with one attached hydrogen (secondary N) is 1. The van der Waals surface area contributed by atoms with Crippen molar-refractivity contribution < 1.29 is 14.0 Å². The minimum Gasteiger partial charge on any atom is -0.355 e. The number of hydrogen-bond acceptors (Lipinski definition) is 3. The van der Waals surface area contributed by atoms with E-state index in [1.54, 1.807) is 0 Å². The monoisotopic (exact) mass is 250 g/mol. The molecule has 0 aliphatic carbocycles. The minimum absolute atomic E-state index is 0.0561. The number of Topliss-reactive ketones (excluding diaryl/α,β-unsaturated/α-hetero) is 1. The molecular formula is C13H15FN2O2. The molecule has 2 rings (SSSR count). The van der Waals surface area contributed by atoms with Gasteiger partial charge in [0, 0.05) is 18.7 Å². The largest absolute Gasteiger partial charge is 0.355 e. The highest BCUT2D eigenvalue weighted by molar-refractivity contribution is 5.97. The fourth-order valence-electron chi connectivity index (χ4n) is 1.93. The molecule has 1 aliphatic rings. The van der Waals surface area contributed by atoms with E-state index in [2.05, 4.69) is 5.32 Å². The van der Waals surface area contributed by atoms with Crippen LogP contribution < -0.4 is 5.32 Å². The Morgan fingerprint density at radius 3 is 2.78 bits per heavy atom. The van der Waals surface area contributed by atoms with Gasteiger partial charge in [-0.25, -0.2) is 4.39 Å². The molecule has 1 aromatic rings. The fraction of sp³-hybridized carbons (Fsp3) is 0.385. The SMILES string of the molecule is O=C1CN(CC(=O)c2ccc(F)cc2)CCCN1. The van der Waals surface area contributed by atoms with Crippen molar-refractivity contribution in [1.82, 2.24) is 10.2 Å². The number of carbonyl (C=O) groups excluding carboxylic acids is 2. The summed E-state index contributed by atoms with van der Waals surface area (Å²) in [4.78, 5) is 25.1. The van der Waals surface area contributed by atoms with E-state index in [4.69, 9.17) is 0 Å². The Morgan fingerprint density at radius 2 is 2.06 bits per heavy atom. The molecule has 1 amide bonds. The van der Waals surface area contributed by atoms with Gasteiger partial charge in [0.15, 0.2) is 5.78 Å². The zero-order valence-electron chi connectivity index (χ0n) is 9.99. The summed E-state index contributed by atoms with van der Waals surface area (Å²) >= 11 is 0. The topological polar surface area (TPSA) is 49.4 Å². The van der Waals surface area contributed by atoms with Gasteiger partial charge in [-0.1, -0.05) is 0 Å². The summed E-state index contributed by atoms with van der Waals surface area (Å²) in [5.41, 5.74) is 0.473. The zero-order chi connectivity index (χ0) is 13.0. The van der Waals surface area contributed by atoms with Crippen LogP contribution in [0.15, 0.2) is 24.3 Å². The fourth-order valence-corrected chi connectivity index (χ4v) is 1.93. The number of benzene rings is 1. The van der Waals surface area contributed by atoms with Crippen LogP contribution in [0.25, 0.3) is 0 Å². The third kappa shape index (κ3) is 3.37. The second-order valence-electron chi connectivity index (χ2n) is 4.34.